The van der Waals surface area contributed by atoms with Crippen molar-refractivity contribution in [2.24, 2.45) is 5.92 Å². The predicted octanol–water partition coefficient (Wildman–Crippen LogP) is 0.665. The van der Waals surface area contributed by atoms with E-state index in [-0.39, 0.29) is 0 Å². The maximum atomic E-state index is 7.10. The van der Waals surface area contributed by atoms with E-state index in [1.54, 1.807) is 0 Å². The summed E-state index contributed by atoms with van der Waals surface area (Å²) >= 11 is 0. The number of nitrogens with one attached hydrogen (secondary N) is 2. The summed E-state index contributed by atoms with van der Waals surface area (Å²) in [4.78, 5) is 2.16. The zero-order valence-electron chi connectivity index (χ0n) is 9.13. The lowest BCUT2D eigenvalue weighted by Crippen LogP contribution is -2.39. The minimum atomic E-state index is 0.535. The average Bonchev–Trinajstić information content (AvgIpc) is 2.17. The van der Waals surface area contributed by atoms with Crippen molar-refractivity contribution in [2.45, 2.75) is 6.92 Å². The average molecular weight is 197 g/mol. The molecule has 0 aromatic rings. The summed E-state index contributed by atoms with van der Waals surface area (Å²) < 4.78 is 5.53. The van der Waals surface area contributed by atoms with E-state index >= 15 is 0 Å². The molecule has 4 heteroatoms. The van der Waals surface area contributed by atoms with E-state index in [9.17, 15) is 0 Å². The Balaban J connectivity index is 2.42. The van der Waals surface area contributed by atoms with Crippen LogP contribution < -0.4 is 5.32 Å². The first-order valence-electron chi connectivity index (χ1n) is 4.86. The molecule has 0 aromatic heterocycles. The number of ether oxygens (including phenoxy) is 1. The molecule has 4 nitrogen and oxygen atoms in total. The summed E-state index contributed by atoms with van der Waals surface area (Å²) in [6.45, 7) is 4.58. The standard InChI is InChI=1S/C10H19N3O/c1-8(4-11)10-12-5-9(7-14-10)6-13(2)3/h4,9,11-12H,5-7H2,1-3H3/b10-8+,11-4?. The Hall–Kier alpha value is -1.03. The molecule has 14 heavy (non-hydrogen) atoms. The third-order valence-electron chi connectivity index (χ3n) is 2.21. The van der Waals surface area contributed by atoms with Crippen LogP contribution in [0.2, 0.25) is 0 Å². The van der Waals surface area contributed by atoms with Gasteiger partial charge in [-0.2, -0.15) is 0 Å². The van der Waals surface area contributed by atoms with Crippen LogP contribution in [0.3, 0.4) is 0 Å². The van der Waals surface area contributed by atoms with E-state index in [1.165, 1.54) is 6.21 Å². The van der Waals surface area contributed by atoms with Gasteiger partial charge in [0.05, 0.1) is 6.61 Å². The van der Waals surface area contributed by atoms with Crippen molar-refractivity contribution in [2.75, 3.05) is 33.8 Å². The van der Waals surface area contributed by atoms with Crippen molar-refractivity contribution < 1.29 is 4.74 Å². The first kappa shape index (κ1) is 11.0. The molecule has 0 amide bonds. The van der Waals surface area contributed by atoms with E-state index in [0.29, 0.717) is 5.92 Å². The van der Waals surface area contributed by atoms with Crippen LogP contribution >= 0.6 is 0 Å². The van der Waals surface area contributed by atoms with Crippen molar-refractivity contribution in [3.05, 3.63) is 11.5 Å². The minimum Gasteiger partial charge on any atom is -0.479 e. The maximum Gasteiger partial charge on any atom is 0.191 e. The Morgan fingerprint density at radius 3 is 2.86 bits per heavy atom. The summed E-state index contributed by atoms with van der Waals surface area (Å²) in [5.41, 5.74) is 0.855. The zero-order valence-corrected chi connectivity index (χ0v) is 9.13. The Bertz CT molecular complexity index is 226. The topological polar surface area (TPSA) is 48.4 Å². The van der Waals surface area contributed by atoms with Crippen molar-refractivity contribution in [1.82, 2.24) is 10.2 Å². The quantitative estimate of drug-likeness (QED) is 0.654. The highest BCUT2D eigenvalue weighted by Crippen LogP contribution is 2.11. The molecule has 1 aliphatic rings. The highest BCUT2D eigenvalue weighted by molar-refractivity contribution is 5.75. The van der Waals surface area contributed by atoms with E-state index in [1.807, 2.05) is 6.92 Å². The second kappa shape index (κ2) is 5.00. The molecular weight excluding hydrogens is 178 g/mol. The van der Waals surface area contributed by atoms with Crippen molar-refractivity contribution >= 4 is 6.21 Å². The number of allylic oxidation sites excluding steroid dienone is 1. The molecule has 1 aliphatic heterocycles. The molecule has 1 fully saturated rings. The molecule has 1 saturated heterocycles. The van der Waals surface area contributed by atoms with Crippen LogP contribution in [-0.4, -0.2) is 44.9 Å². The van der Waals surface area contributed by atoms with Crippen molar-refractivity contribution in [1.29, 1.82) is 5.41 Å². The summed E-state index contributed by atoms with van der Waals surface area (Å²) in [6.07, 6.45) is 1.31. The maximum absolute atomic E-state index is 7.10. The molecule has 0 bridgehead atoms. The van der Waals surface area contributed by atoms with Gasteiger partial charge >= 0.3 is 0 Å². The van der Waals surface area contributed by atoms with Gasteiger partial charge in [0, 0.05) is 30.8 Å². The highest BCUT2D eigenvalue weighted by Gasteiger charge is 2.18. The predicted molar refractivity (Wildman–Crippen MR) is 57.5 cm³/mol. The molecule has 0 aliphatic carbocycles. The van der Waals surface area contributed by atoms with Gasteiger partial charge in [0.15, 0.2) is 5.88 Å². The fourth-order valence-electron chi connectivity index (χ4n) is 1.50. The molecular formula is C10H19N3O. The molecule has 2 N–H and O–H groups in total. The number of rotatable bonds is 3. The third-order valence-corrected chi connectivity index (χ3v) is 2.21. The monoisotopic (exact) mass is 197 g/mol. The largest absolute Gasteiger partial charge is 0.479 e. The van der Waals surface area contributed by atoms with Crippen LogP contribution in [-0.2, 0) is 4.74 Å². The van der Waals surface area contributed by atoms with Gasteiger partial charge in [-0.1, -0.05) is 0 Å². The van der Waals surface area contributed by atoms with Gasteiger partial charge < -0.3 is 20.4 Å². The van der Waals surface area contributed by atoms with Crippen LogP contribution in [0.15, 0.2) is 11.5 Å². The summed E-state index contributed by atoms with van der Waals surface area (Å²) in [7, 11) is 4.13. The Morgan fingerprint density at radius 1 is 1.71 bits per heavy atom. The van der Waals surface area contributed by atoms with Gasteiger partial charge in [-0.3, -0.25) is 0 Å². The van der Waals surface area contributed by atoms with Gasteiger partial charge in [-0.25, -0.2) is 0 Å². The van der Waals surface area contributed by atoms with Gasteiger partial charge in [0.25, 0.3) is 0 Å². The normalized spacial score (nSPS) is 25.3. The summed E-state index contributed by atoms with van der Waals surface area (Å²) in [5.74, 6) is 1.29. The fraction of sp³-hybridized carbons (Fsp3) is 0.700. The first-order valence-corrected chi connectivity index (χ1v) is 4.86. The Labute approximate surface area is 85.4 Å². The van der Waals surface area contributed by atoms with E-state index in [2.05, 4.69) is 24.3 Å². The summed E-state index contributed by atoms with van der Waals surface area (Å²) in [5, 5.41) is 10.3. The molecule has 1 heterocycles. The molecule has 0 spiro atoms. The summed E-state index contributed by atoms with van der Waals surface area (Å²) in [6, 6.07) is 0. The molecule has 0 aromatic carbocycles. The van der Waals surface area contributed by atoms with E-state index < -0.39 is 0 Å². The minimum absolute atomic E-state index is 0.535. The molecule has 1 unspecified atom stereocenters. The van der Waals surface area contributed by atoms with Crippen LogP contribution in [0.25, 0.3) is 0 Å². The fourth-order valence-corrected chi connectivity index (χ4v) is 1.50. The lowest BCUT2D eigenvalue weighted by molar-refractivity contribution is 0.0941. The lowest BCUT2D eigenvalue weighted by Gasteiger charge is -2.29. The molecule has 0 saturated carbocycles. The van der Waals surface area contributed by atoms with E-state index in [4.69, 9.17) is 10.1 Å². The number of hydrogen-bond acceptors (Lipinski definition) is 4. The van der Waals surface area contributed by atoms with Crippen molar-refractivity contribution in [3.63, 3.8) is 0 Å². The van der Waals surface area contributed by atoms with Crippen molar-refractivity contribution in [3.8, 4) is 0 Å². The number of nitrogens with zero attached hydrogens (tertiary/aromatic N) is 1. The third kappa shape index (κ3) is 3.03. The Morgan fingerprint density at radius 2 is 2.43 bits per heavy atom. The molecule has 1 rings (SSSR count). The van der Waals surface area contributed by atoms with E-state index in [0.717, 1.165) is 31.2 Å². The lowest BCUT2D eigenvalue weighted by atomic mass is 10.1. The van der Waals surface area contributed by atoms with Gasteiger partial charge in [0.2, 0.25) is 0 Å². The second-order valence-corrected chi connectivity index (χ2v) is 3.98. The zero-order chi connectivity index (χ0) is 10.6. The molecule has 0 radical (unpaired) electrons. The Kier molecular flexibility index (Phi) is 3.95. The first-order chi connectivity index (χ1) is 6.63. The van der Waals surface area contributed by atoms with Gasteiger partial charge in [-0.15, -0.1) is 0 Å². The van der Waals surface area contributed by atoms with Gasteiger partial charge in [-0.05, 0) is 21.0 Å². The smallest absolute Gasteiger partial charge is 0.191 e. The molecule has 80 valence electrons. The second-order valence-electron chi connectivity index (χ2n) is 3.98. The van der Waals surface area contributed by atoms with Crippen LogP contribution in [0.4, 0.5) is 0 Å². The van der Waals surface area contributed by atoms with Gasteiger partial charge in [0.1, 0.15) is 0 Å². The SMILES string of the molecule is C/C(C=N)=C1/NCC(CN(C)C)CO1. The van der Waals surface area contributed by atoms with Crippen LogP contribution in [0.1, 0.15) is 6.92 Å². The molecule has 1 atom stereocenters. The number of hydrogen-bond donors (Lipinski definition) is 2. The van der Waals surface area contributed by atoms with Crippen LogP contribution in [0, 0.1) is 11.3 Å². The van der Waals surface area contributed by atoms with Crippen LogP contribution in [0.5, 0.6) is 0 Å². The highest BCUT2D eigenvalue weighted by atomic mass is 16.5.